The molecular weight excluding hydrogens is 235 g/mol. The quantitative estimate of drug-likeness (QED) is 0.870. The molecule has 92 valence electrons. The average molecular weight is 246 g/mol. The number of anilines is 2. The molecule has 0 aliphatic heterocycles. The summed E-state index contributed by atoms with van der Waals surface area (Å²) >= 11 is 0. The van der Waals surface area contributed by atoms with Gasteiger partial charge in [0, 0.05) is 11.9 Å². The summed E-state index contributed by atoms with van der Waals surface area (Å²) in [5.74, 6) is -0.826. The molecule has 0 amide bonds. The number of aromatic carboxylic acids is 1. The molecule has 1 aromatic heterocycles. The third kappa shape index (κ3) is 2.63. The zero-order valence-corrected chi connectivity index (χ0v) is 9.43. The van der Waals surface area contributed by atoms with Gasteiger partial charge in [0.05, 0.1) is 0 Å². The highest BCUT2D eigenvalue weighted by Gasteiger charge is 2.10. The number of aromatic nitrogens is 1. The number of carboxylic acid groups (broad SMARTS) is 1. The predicted molar refractivity (Wildman–Crippen MR) is 65.7 cm³/mol. The van der Waals surface area contributed by atoms with Crippen LogP contribution in [-0.2, 0) is 6.67 Å². The minimum atomic E-state index is -1.06. The van der Waals surface area contributed by atoms with Crippen LogP contribution in [0.25, 0.3) is 0 Å². The lowest BCUT2D eigenvalue weighted by atomic mass is 10.2. The molecule has 1 aromatic carbocycles. The predicted octanol–water partition coefficient (Wildman–Crippen LogP) is 2.99. The Morgan fingerprint density at radius 3 is 2.89 bits per heavy atom. The third-order valence-corrected chi connectivity index (χ3v) is 2.38. The van der Waals surface area contributed by atoms with Gasteiger partial charge in [0.2, 0.25) is 0 Å². The number of carbonyl (C=O) groups is 1. The molecule has 2 rings (SSSR count). The number of rotatable bonds is 4. The Balaban J connectivity index is 2.31. The van der Waals surface area contributed by atoms with Crippen molar-refractivity contribution in [1.29, 1.82) is 0 Å². The van der Waals surface area contributed by atoms with Crippen LogP contribution in [0.5, 0.6) is 0 Å². The van der Waals surface area contributed by atoms with Gasteiger partial charge in [0.25, 0.3) is 0 Å². The van der Waals surface area contributed by atoms with Gasteiger partial charge in [-0.3, -0.25) is 0 Å². The Morgan fingerprint density at radius 2 is 2.17 bits per heavy atom. The fourth-order valence-electron chi connectivity index (χ4n) is 1.55. The Hall–Kier alpha value is -2.43. The molecule has 0 atom stereocenters. The lowest BCUT2D eigenvalue weighted by Gasteiger charge is -2.08. The maximum absolute atomic E-state index is 12.5. The van der Waals surface area contributed by atoms with Crippen LogP contribution in [-0.4, -0.2) is 16.1 Å². The van der Waals surface area contributed by atoms with E-state index in [9.17, 15) is 9.18 Å². The van der Waals surface area contributed by atoms with Crippen molar-refractivity contribution in [1.82, 2.24) is 4.98 Å². The smallest absolute Gasteiger partial charge is 0.339 e. The zero-order chi connectivity index (χ0) is 13.0. The van der Waals surface area contributed by atoms with Crippen LogP contribution >= 0.6 is 0 Å². The van der Waals surface area contributed by atoms with E-state index in [1.54, 1.807) is 30.3 Å². The first kappa shape index (κ1) is 12.0. The molecule has 0 spiro atoms. The molecule has 2 N–H and O–H groups in total. The SMILES string of the molecule is O=C(O)c1cccnc1Nc1cccc(CF)c1. The van der Waals surface area contributed by atoms with Gasteiger partial charge in [-0.25, -0.2) is 14.2 Å². The fourth-order valence-corrected chi connectivity index (χ4v) is 1.55. The maximum atomic E-state index is 12.5. The van der Waals surface area contributed by atoms with Crippen molar-refractivity contribution in [2.75, 3.05) is 5.32 Å². The molecule has 0 unspecified atom stereocenters. The first-order valence-electron chi connectivity index (χ1n) is 5.31. The summed E-state index contributed by atoms with van der Waals surface area (Å²) in [6.07, 6.45) is 1.49. The number of nitrogens with one attached hydrogen (secondary N) is 1. The number of nitrogens with zero attached hydrogens (tertiary/aromatic N) is 1. The summed E-state index contributed by atoms with van der Waals surface area (Å²) in [4.78, 5) is 15.0. The summed E-state index contributed by atoms with van der Waals surface area (Å²) in [5, 5.41) is 11.9. The minimum absolute atomic E-state index is 0.0724. The lowest BCUT2D eigenvalue weighted by molar-refractivity contribution is 0.0697. The van der Waals surface area contributed by atoms with Crippen molar-refractivity contribution in [3.8, 4) is 0 Å². The minimum Gasteiger partial charge on any atom is -0.478 e. The van der Waals surface area contributed by atoms with Crippen LogP contribution in [0.15, 0.2) is 42.6 Å². The van der Waals surface area contributed by atoms with Crippen LogP contribution in [0, 0.1) is 0 Å². The van der Waals surface area contributed by atoms with Gasteiger partial charge in [0.15, 0.2) is 0 Å². The maximum Gasteiger partial charge on any atom is 0.339 e. The zero-order valence-electron chi connectivity index (χ0n) is 9.43. The van der Waals surface area contributed by atoms with E-state index in [0.29, 0.717) is 11.3 Å². The van der Waals surface area contributed by atoms with Gasteiger partial charge in [-0.05, 0) is 29.8 Å². The van der Waals surface area contributed by atoms with E-state index in [2.05, 4.69) is 10.3 Å². The van der Waals surface area contributed by atoms with Crippen molar-refractivity contribution in [2.45, 2.75) is 6.67 Å². The molecule has 5 heteroatoms. The van der Waals surface area contributed by atoms with E-state index in [4.69, 9.17) is 5.11 Å². The van der Waals surface area contributed by atoms with E-state index >= 15 is 0 Å². The van der Waals surface area contributed by atoms with E-state index in [1.165, 1.54) is 12.3 Å². The van der Waals surface area contributed by atoms with Crippen LogP contribution in [0.4, 0.5) is 15.9 Å². The van der Waals surface area contributed by atoms with Crippen molar-refractivity contribution in [3.05, 3.63) is 53.7 Å². The highest BCUT2D eigenvalue weighted by Crippen LogP contribution is 2.19. The van der Waals surface area contributed by atoms with Crippen molar-refractivity contribution in [2.24, 2.45) is 0 Å². The van der Waals surface area contributed by atoms with Crippen molar-refractivity contribution < 1.29 is 14.3 Å². The van der Waals surface area contributed by atoms with Crippen LogP contribution in [0.2, 0.25) is 0 Å². The second kappa shape index (κ2) is 5.27. The fraction of sp³-hybridized carbons (Fsp3) is 0.0769. The first-order valence-corrected chi connectivity index (χ1v) is 5.31. The summed E-state index contributed by atoms with van der Waals surface area (Å²) in [7, 11) is 0. The highest BCUT2D eigenvalue weighted by molar-refractivity contribution is 5.93. The lowest BCUT2D eigenvalue weighted by Crippen LogP contribution is -2.04. The average Bonchev–Trinajstić information content (AvgIpc) is 2.39. The normalized spacial score (nSPS) is 10.1. The molecule has 2 aromatic rings. The van der Waals surface area contributed by atoms with E-state index < -0.39 is 12.6 Å². The number of pyridine rings is 1. The molecule has 1 heterocycles. The molecule has 0 saturated carbocycles. The molecular formula is C13H11FN2O2. The van der Waals surface area contributed by atoms with Crippen molar-refractivity contribution >= 4 is 17.5 Å². The Bertz CT molecular complexity index is 572. The molecule has 0 fully saturated rings. The molecule has 18 heavy (non-hydrogen) atoms. The summed E-state index contributed by atoms with van der Waals surface area (Å²) in [6, 6.07) is 9.69. The largest absolute Gasteiger partial charge is 0.478 e. The summed E-state index contributed by atoms with van der Waals surface area (Å²) in [5.41, 5.74) is 1.20. The molecule has 0 aliphatic carbocycles. The summed E-state index contributed by atoms with van der Waals surface area (Å²) in [6.45, 7) is -0.566. The standard InChI is InChI=1S/C13H11FN2O2/c14-8-9-3-1-4-10(7-9)16-12-11(13(17)18)5-2-6-15-12/h1-7H,8H2,(H,15,16)(H,17,18). The van der Waals surface area contributed by atoms with Crippen molar-refractivity contribution in [3.63, 3.8) is 0 Å². The van der Waals surface area contributed by atoms with Gasteiger partial charge in [0.1, 0.15) is 18.1 Å². The van der Waals surface area contributed by atoms with Crippen LogP contribution < -0.4 is 5.32 Å². The molecule has 0 aliphatic rings. The topological polar surface area (TPSA) is 62.2 Å². The Labute approximate surface area is 103 Å². The number of hydrogen-bond acceptors (Lipinski definition) is 3. The van der Waals surface area contributed by atoms with E-state index in [1.807, 2.05) is 0 Å². The molecule has 0 bridgehead atoms. The van der Waals surface area contributed by atoms with Gasteiger partial charge in [-0.1, -0.05) is 12.1 Å². The molecule has 0 radical (unpaired) electrons. The monoisotopic (exact) mass is 246 g/mol. The highest BCUT2D eigenvalue weighted by atomic mass is 19.1. The van der Waals surface area contributed by atoms with E-state index in [0.717, 1.165) is 0 Å². The summed E-state index contributed by atoms with van der Waals surface area (Å²) < 4.78 is 12.5. The van der Waals surface area contributed by atoms with Gasteiger partial charge < -0.3 is 10.4 Å². The van der Waals surface area contributed by atoms with Gasteiger partial charge in [-0.2, -0.15) is 0 Å². The van der Waals surface area contributed by atoms with E-state index in [-0.39, 0.29) is 11.4 Å². The Kier molecular flexibility index (Phi) is 3.52. The van der Waals surface area contributed by atoms with Gasteiger partial charge in [-0.15, -0.1) is 0 Å². The van der Waals surface area contributed by atoms with Crippen LogP contribution in [0.1, 0.15) is 15.9 Å². The second-order valence-corrected chi connectivity index (χ2v) is 3.66. The number of carboxylic acids is 1. The number of hydrogen-bond donors (Lipinski definition) is 2. The first-order chi connectivity index (χ1) is 8.70. The molecule has 4 nitrogen and oxygen atoms in total. The van der Waals surface area contributed by atoms with Gasteiger partial charge >= 0.3 is 5.97 Å². The third-order valence-electron chi connectivity index (χ3n) is 2.38. The number of halogens is 1. The Morgan fingerprint density at radius 1 is 1.33 bits per heavy atom. The second-order valence-electron chi connectivity index (χ2n) is 3.66. The van der Waals surface area contributed by atoms with Crippen LogP contribution in [0.3, 0.4) is 0 Å². The molecule has 0 saturated heterocycles. The number of alkyl halides is 1. The number of benzene rings is 1.